The molecule has 13 nitrogen and oxygen atoms in total. The Kier molecular flexibility index (Phi) is 10.1. The number of aliphatic hydroxyl groups is 4. The van der Waals surface area contributed by atoms with Gasteiger partial charge in [0.15, 0.2) is 11.4 Å². The van der Waals surface area contributed by atoms with Crippen LogP contribution in [0.5, 0.6) is 11.5 Å². The second-order valence-electron chi connectivity index (χ2n) is 19.0. The number of amides is 1. The molecule has 7 aliphatic carbocycles. The van der Waals surface area contributed by atoms with Crippen molar-refractivity contribution in [3.63, 3.8) is 0 Å². The Morgan fingerprint density at radius 1 is 0.841 bits per heavy atom. The Morgan fingerprint density at radius 2 is 1.44 bits per heavy atom. The fourth-order valence-corrected chi connectivity index (χ4v) is 12.9. The van der Waals surface area contributed by atoms with E-state index in [1.165, 1.54) is 80.3 Å². The van der Waals surface area contributed by atoms with E-state index in [-0.39, 0.29) is 16.7 Å². The van der Waals surface area contributed by atoms with Gasteiger partial charge in [0.05, 0.1) is 36.3 Å². The van der Waals surface area contributed by atoms with Crippen molar-refractivity contribution in [1.82, 2.24) is 4.90 Å². The highest BCUT2D eigenvalue weighted by molar-refractivity contribution is 6.24. The van der Waals surface area contributed by atoms with Gasteiger partial charge in [-0.25, -0.2) is 4.79 Å². The molecule has 4 aromatic carbocycles. The van der Waals surface area contributed by atoms with Gasteiger partial charge in [0.25, 0.3) is 5.91 Å². The molecule has 0 aromatic heterocycles. The Labute approximate surface area is 364 Å². The lowest BCUT2D eigenvalue weighted by atomic mass is 9.48. The maximum atomic E-state index is 13.7. The normalized spacial score (nSPS) is 31.6. The summed E-state index contributed by atoms with van der Waals surface area (Å²) in [6.45, 7) is 1.68. The van der Waals surface area contributed by atoms with Crippen LogP contribution in [-0.2, 0) is 19.8 Å². The highest BCUT2D eigenvalue weighted by atomic mass is 16.5. The van der Waals surface area contributed by atoms with Gasteiger partial charge in [-0.1, -0.05) is 43.3 Å². The van der Waals surface area contributed by atoms with Crippen molar-refractivity contribution >= 4 is 40.0 Å². The number of aromatic carboxylic acids is 1. The zero-order chi connectivity index (χ0) is 45.0. The Hall–Kier alpha value is -6.02. The molecule has 7 aliphatic rings. The summed E-state index contributed by atoms with van der Waals surface area (Å²) in [4.78, 5) is 51.2. The summed E-state index contributed by atoms with van der Waals surface area (Å²) in [5.74, 6) is -6.04. The number of hydrogen-bond donors (Lipinski definition) is 7. The van der Waals surface area contributed by atoms with Gasteiger partial charge in [0, 0.05) is 17.1 Å². The van der Waals surface area contributed by atoms with E-state index in [9.17, 15) is 49.8 Å². The van der Waals surface area contributed by atoms with Crippen molar-refractivity contribution in [1.29, 1.82) is 0 Å². The van der Waals surface area contributed by atoms with Crippen LogP contribution in [-0.4, -0.2) is 97.9 Å². The molecule has 0 aliphatic heterocycles. The summed E-state index contributed by atoms with van der Waals surface area (Å²) in [6, 6.07) is 21.5. The number of carboxylic acids is 1. The number of fused-ring (bicyclic) bond motifs is 4. The smallest absolute Gasteiger partial charge is 0.335 e. The third-order valence-corrected chi connectivity index (χ3v) is 15.2. The van der Waals surface area contributed by atoms with Gasteiger partial charge in [0.2, 0.25) is 5.78 Å². The number of phenols is 1. The molecule has 6 atom stereocenters. The van der Waals surface area contributed by atoms with Crippen LogP contribution in [0.15, 0.2) is 89.7 Å². The van der Waals surface area contributed by atoms with Gasteiger partial charge in [0.1, 0.15) is 28.6 Å². The number of carboxylic acid groups (broad SMARTS) is 1. The molecule has 4 bridgehead atoms. The number of likely N-dealkylation sites (N-methyl/N-ethyl adjacent to an activating group) is 1. The minimum absolute atomic E-state index is 0.0245. The van der Waals surface area contributed by atoms with E-state index in [2.05, 4.69) is 30.3 Å². The Morgan fingerprint density at radius 3 is 2.05 bits per heavy atom. The molecule has 0 heterocycles. The number of carbonyl (C=O) groups excluding carboxylic acids is 3. The third-order valence-electron chi connectivity index (χ3n) is 15.2. The standard InChI is InChI=1S/C28H28O3.C22H24N2O8/c1-31-26-7-6-23(21-2-3-22-12-24(27(29)30)5-4-20(22)11-21)13-25(26)28-14-17-8-18(15-28)10-19(9-17)16-28;1-7-8-5-4-6-9(25)11(8)16(26)12-10(7)17(27)14-15(24(2)3)18(28)13(21(23)31)20(30)22(14,32)19(12)29/h2-7,11-13,17-19H,8-10,14-16H2,1H3,(H,29,30);4-7,10,14-15,17,25-27,30,32H,1-3H3,(H2,23,31)/t;7-,10+,14+,15-,17-,22-/m.0/s1. The van der Waals surface area contributed by atoms with Gasteiger partial charge in [-0.3, -0.25) is 19.3 Å². The van der Waals surface area contributed by atoms with E-state index in [0.29, 0.717) is 11.1 Å². The zero-order valence-corrected chi connectivity index (χ0v) is 35.5. The van der Waals surface area contributed by atoms with Crippen LogP contribution in [0.1, 0.15) is 78.4 Å². The summed E-state index contributed by atoms with van der Waals surface area (Å²) in [5, 5.41) is 66.2. The molecule has 0 saturated heterocycles. The van der Waals surface area contributed by atoms with Crippen molar-refractivity contribution in [3.05, 3.63) is 112 Å². The molecule has 13 heteroatoms. The summed E-state index contributed by atoms with van der Waals surface area (Å²) >= 11 is 0. The topological polar surface area (TPSA) is 228 Å². The Bertz CT molecular complexity index is 2660. The number of ether oxygens (including phenoxy) is 1. The summed E-state index contributed by atoms with van der Waals surface area (Å²) in [7, 11) is 4.72. The average Bonchev–Trinajstić information content (AvgIpc) is 3.24. The molecule has 11 rings (SSSR count). The van der Waals surface area contributed by atoms with Crippen LogP contribution in [0.4, 0.5) is 0 Å². The number of nitrogens with zero attached hydrogens (tertiary/aromatic N) is 1. The van der Waals surface area contributed by atoms with Gasteiger partial charge >= 0.3 is 5.97 Å². The lowest BCUT2D eigenvalue weighted by molar-refractivity contribution is -0.169. The first-order chi connectivity index (χ1) is 29.9. The first-order valence-corrected chi connectivity index (χ1v) is 21.5. The van der Waals surface area contributed by atoms with Crippen LogP contribution in [0.3, 0.4) is 0 Å². The number of nitrogens with two attached hydrogens (primary N) is 1. The minimum Gasteiger partial charge on any atom is -0.508 e. The monoisotopic (exact) mass is 856 g/mol. The van der Waals surface area contributed by atoms with E-state index in [4.69, 9.17) is 10.5 Å². The highest BCUT2D eigenvalue weighted by Gasteiger charge is 2.68. The second-order valence-corrected chi connectivity index (χ2v) is 19.0. The molecule has 328 valence electrons. The molecule has 0 radical (unpaired) electrons. The molecule has 1 amide bonds. The number of carbonyl (C=O) groups is 4. The van der Waals surface area contributed by atoms with Gasteiger partial charge in [-0.05, 0) is 146 Å². The van der Waals surface area contributed by atoms with Crippen LogP contribution in [0.2, 0.25) is 0 Å². The second kappa shape index (κ2) is 15.1. The highest BCUT2D eigenvalue weighted by Crippen LogP contribution is 2.62. The number of hydrogen-bond acceptors (Lipinski definition) is 11. The molecule has 5 fully saturated rings. The van der Waals surface area contributed by atoms with E-state index in [1.54, 1.807) is 38.3 Å². The minimum atomic E-state index is -2.89. The van der Waals surface area contributed by atoms with Crippen molar-refractivity contribution in [3.8, 4) is 22.6 Å². The van der Waals surface area contributed by atoms with Crippen LogP contribution in [0, 0.1) is 29.6 Å². The van der Waals surface area contributed by atoms with Crippen LogP contribution < -0.4 is 10.5 Å². The van der Waals surface area contributed by atoms with E-state index >= 15 is 0 Å². The Balaban J connectivity index is 0.000000160. The molecule has 0 spiro atoms. The number of ketones is 2. The van der Waals surface area contributed by atoms with Gasteiger partial charge in [-0.15, -0.1) is 0 Å². The van der Waals surface area contributed by atoms with Crippen LogP contribution >= 0.6 is 0 Å². The van der Waals surface area contributed by atoms with Crippen molar-refractivity contribution in [2.75, 3.05) is 21.2 Å². The number of Topliss-reactive ketones (excluding diaryl/α,β-unsaturated/α-hetero) is 2. The number of benzene rings is 4. The lowest BCUT2D eigenvalue weighted by Crippen LogP contribution is -2.70. The summed E-state index contributed by atoms with van der Waals surface area (Å²) in [6.07, 6.45) is 6.66. The first-order valence-electron chi connectivity index (χ1n) is 21.5. The molecule has 8 N–H and O–H groups in total. The molecule has 4 aromatic rings. The van der Waals surface area contributed by atoms with Crippen molar-refractivity contribution in [2.24, 2.45) is 35.3 Å². The van der Waals surface area contributed by atoms with Crippen LogP contribution in [0.25, 0.3) is 27.7 Å². The number of primary amides is 1. The van der Waals surface area contributed by atoms with E-state index < -0.39 is 81.6 Å². The number of aliphatic hydroxyl groups excluding tert-OH is 3. The predicted molar refractivity (Wildman–Crippen MR) is 233 cm³/mol. The summed E-state index contributed by atoms with van der Waals surface area (Å²) < 4.78 is 5.88. The third kappa shape index (κ3) is 6.37. The first kappa shape index (κ1) is 42.3. The largest absolute Gasteiger partial charge is 0.508 e. The molecule has 63 heavy (non-hydrogen) atoms. The SMILES string of the molecule is COc1ccc(-c2ccc3cc(C(=O)O)ccc3c2)cc1C12CC3CC(CC(C3)C1)C2.C[C@H]1c2cccc(O)c2C(O)=C2C(=O)[C@]3(O)C(O)=C(C(N)=O)C(=O)[C@@H](N(C)C)[C@@H]3[C@@H](O)[C@@H]21. The number of phenolic OH excluding ortho intramolecular Hbond substituents is 1. The molecule has 5 saturated carbocycles. The maximum absolute atomic E-state index is 13.7. The van der Waals surface area contributed by atoms with E-state index in [0.717, 1.165) is 34.3 Å². The van der Waals surface area contributed by atoms with Crippen molar-refractivity contribution < 1.29 is 54.6 Å². The lowest BCUT2D eigenvalue weighted by Gasteiger charge is -2.57. The number of methoxy groups -OCH3 is 1. The zero-order valence-electron chi connectivity index (χ0n) is 35.5. The average molecular weight is 857 g/mol. The fraction of sp³-hybridized carbons (Fsp3) is 0.400. The molecular weight excluding hydrogens is 805 g/mol. The van der Waals surface area contributed by atoms with E-state index in [1.807, 2.05) is 12.1 Å². The van der Waals surface area contributed by atoms with Gasteiger partial charge < -0.3 is 41.1 Å². The van der Waals surface area contributed by atoms with Gasteiger partial charge in [-0.2, -0.15) is 0 Å². The quantitative estimate of drug-likeness (QED) is 0.108. The summed E-state index contributed by atoms with van der Waals surface area (Å²) in [5.41, 5.74) is 5.88. The number of rotatable bonds is 6. The molecule has 0 unspecified atom stereocenters. The predicted octanol–water partition coefficient (Wildman–Crippen LogP) is 6.18. The van der Waals surface area contributed by atoms with Crippen molar-refractivity contribution in [2.45, 2.75) is 74.5 Å². The maximum Gasteiger partial charge on any atom is 0.335 e. The molecular formula is C50H52N2O11. The fourth-order valence-electron chi connectivity index (χ4n) is 12.9. The number of aromatic hydroxyl groups is 1.